The maximum atomic E-state index is 10.6. The van der Waals surface area contributed by atoms with Crippen LogP contribution in [-0.4, -0.2) is 35.1 Å². The van der Waals surface area contributed by atoms with Crippen LogP contribution in [-0.2, 0) is 14.1 Å². The van der Waals surface area contributed by atoms with E-state index in [2.05, 4.69) is 4.74 Å². The number of carbonyl (C=O) groups is 1. The first-order chi connectivity index (χ1) is 5.37. The molecule has 0 fully saturated rings. The smallest absolute Gasteiger partial charge is 0.325 e. The minimum atomic E-state index is -4.06. The molecule has 0 spiro atoms. The van der Waals surface area contributed by atoms with Crippen LogP contribution in [0.1, 0.15) is 6.42 Å². The fraction of sp³-hybridized carbons (Fsp3) is 0.800. The molecular formula is C5H12NO5P. The highest BCUT2D eigenvalue weighted by Gasteiger charge is 2.19. The number of hydrogen-bond acceptors (Lipinski definition) is 4. The fourth-order valence-corrected chi connectivity index (χ4v) is 1.19. The van der Waals surface area contributed by atoms with Gasteiger partial charge in [0.2, 0.25) is 0 Å². The van der Waals surface area contributed by atoms with Crippen molar-refractivity contribution in [2.24, 2.45) is 5.73 Å². The first kappa shape index (κ1) is 11.6. The molecule has 0 amide bonds. The Kier molecular flexibility index (Phi) is 4.41. The van der Waals surface area contributed by atoms with E-state index in [1.54, 1.807) is 0 Å². The Bertz CT molecular complexity index is 200. The van der Waals surface area contributed by atoms with Gasteiger partial charge < -0.3 is 20.3 Å². The summed E-state index contributed by atoms with van der Waals surface area (Å²) < 4.78 is 14.6. The summed E-state index contributed by atoms with van der Waals surface area (Å²) >= 11 is 0. The van der Waals surface area contributed by atoms with Crippen molar-refractivity contribution < 1.29 is 23.9 Å². The summed E-state index contributed by atoms with van der Waals surface area (Å²) in [5.74, 6) is -0.663. The summed E-state index contributed by atoms with van der Waals surface area (Å²) in [5.41, 5.74) is 5.22. The molecule has 0 unspecified atom stereocenters. The number of carbonyl (C=O) groups excluding carboxylic acids is 1. The van der Waals surface area contributed by atoms with Crippen molar-refractivity contribution in [2.45, 2.75) is 12.5 Å². The summed E-state index contributed by atoms with van der Waals surface area (Å²) in [5, 5.41) is 0. The molecule has 0 aromatic carbocycles. The Balaban J connectivity index is 3.79. The van der Waals surface area contributed by atoms with E-state index in [-0.39, 0.29) is 6.42 Å². The van der Waals surface area contributed by atoms with Crippen LogP contribution in [0.15, 0.2) is 0 Å². The zero-order chi connectivity index (χ0) is 9.78. The van der Waals surface area contributed by atoms with Crippen LogP contribution < -0.4 is 5.73 Å². The Morgan fingerprint density at radius 3 is 2.50 bits per heavy atom. The monoisotopic (exact) mass is 197 g/mol. The number of rotatable bonds is 4. The number of esters is 1. The van der Waals surface area contributed by atoms with Gasteiger partial charge >= 0.3 is 13.6 Å². The predicted octanol–water partition coefficient (Wildman–Crippen LogP) is -0.946. The van der Waals surface area contributed by atoms with E-state index in [4.69, 9.17) is 15.5 Å². The first-order valence-electron chi connectivity index (χ1n) is 3.25. The molecule has 0 aliphatic heterocycles. The lowest BCUT2D eigenvalue weighted by molar-refractivity contribution is -0.142. The van der Waals surface area contributed by atoms with Crippen molar-refractivity contribution >= 4 is 13.6 Å². The van der Waals surface area contributed by atoms with Gasteiger partial charge in [-0.15, -0.1) is 0 Å². The molecular weight excluding hydrogens is 185 g/mol. The molecule has 4 N–H and O–H groups in total. The second-order valence-corrected chi connectivity index (χ2v) is 4.08. The Labute approximate surface area is 69.9 Å². The molecule has 0 saturated carbocycles. The molecule has 0 aromatic rings. The van der Waals surface area contributed by atoms with Crippen molar-refractivity contribution in [1.82, 2.24) is 0 Å². The standard InChI is InChI=1S/C5H12NO5P/c1-11-5(7)4(6)2-3-12(8,9)10/h4H,2-3,6H2,1H3,(H2,8,9,10)/t4-/m0/s1. The van der Waals surface area contributed by atoms with Gasteiger partial charge in [0.1, 0.15) is 6.04 Å². The van der Waals surface area contributed by atoms with Crippen LogP contribution in [0.3, 0.4) is 0 Å². The van der Waals surface area contributed by atoms with Crippen molar-refractivity contribution in [3.05, 3.63) is 0 Å². The summed E-state index contributed by atoms with van der Waals surface area (Å²) in [6.07, 6.45) is -0.472. The van der Waals surface area contributed by atoms with E-state index in [1.807, 2.05) is 0 Å². The van der Waals surface area contributed by atoms with Gasteiger partial charge in [-0.3, -0.25) is 9.36 Å². The fourth-order valence-electron chi connectivity index (χ4n) is 0.576. The predicted molar refractivity (Wildman–Crippen MR) is 41.5 cm³/mol. The van der Waals surface area contributed by atoms with Gasteiger partial charge in [0.25, 0.3) is 0 Å². The van der Waals surface area contributed by atoms with Crippen molar-refractivity contribution in [1.29, 1.82) is 0 Å². The minimum Gasteiger partial charge on any atom is -0.468 e. The molecule has 0 heterocycles. The van der Waals surface area contributed by atoms with E-state index < -0.39 is 25.8 Å². The SMILES string of the molecule is COC(=O)[C@@H](N)CCP(=O)(O)O. The largest absolute Gasteiger partial charge is 0.468 e. The van der Waals surface area contributed by atoms with Gasteiger partial charge in [-0.1, -0.05) is 0 Å². The van der Waals surface area contributed by atoms with Crippen LogP contribution in [0, 0.1) is 0 Å². The maximum Gasteiger partial charge on any atom is 0.325 e. The van der Waals surface area contributed by atoms with Crippen molar-refractivity contribution in [2.75, 3.05) is 13.3 Å². The van der Waals surface area contributed by atoms with E-state index in [9.17, 15) is 9.36 Å². The highest BCUT2D eigenvalue weighted by molar-refractivity contribution is 7.51. The molecule has 0 bridgehead atoms. The van der Waals surface area contributed by atoms with Gasteiger partial charge in [0.05, 0.1) is 13.3 Å². The van der Waals surface area contributed by atoms with Gasteiger partial charge in [-0.2, -0.15) is 0 Å². The highest BCUT2D eigenvalue weighted by Crippen LogP contribution is 2.35. The number of ether oxygens (including phenoxy) is 1. The summed E-state index contributed by atoms with van der Waals surface area (Å²) in [6, 6.07) is -0.956. The maximum absolute atomic E-state index is 10.6. The van der Waals surface area contributed by atoms with Crippen LogP contribution >= 0.6 is 7.60 Å². The van der Waals surface area contributed by atoms with Gasteiger partial charge in [-0.05, 0) is 6.42 Å². The molecule has 1 atom stereocenters. The minimum absolute atomic E-state index is 0.0725. The van der Waals surface area contributed by atoms with Crippen LogP contribution in [0.5, 0.6) is 0 Å². The van der Waals surface area contributed by atoms with Gasteiger partial charge in [0.15, 0.2) is 0 Å². The number of methoxy groups -OCH3 is 1. The van der Waals surface area contributed by atoms with E-state index >= 15 is 0 Å². The summed E-state index contributed by atoms with van der Waals surface area (Å²) in [6.45, 7) is 0. The molecule has 72 valence electrons. The van der Waals surface area contributed by atoms with Gasteiger partial charge in [-0.25, -0.2) is 0 Å². The lowest BCUT2D eigenvalue weighted by Gasteiger charge is -2.08. The van der Waals surface area contributed by atoms with Gasteiger partial charge in [0, 0.05) is 0 Å². The molecule has 6 nitrogen and oxygen atoms in total. The second-order valence-electron chi connectivity index (χ2n) is 2.31. The van der Waals surface area contributed by atoms with Crippen LogP contribution in [0.25, 0.3) is 0 Å². The van der Waals surface area contributed by atoms with Crippen LogP contribution in [0.2, 0.25) is 0 Å². The summed E-state index contributed by atoms with van der Waals surface area (Å²) in [7, 11) is -2.89. The molecule has 0 aliphatic rings. The number of nitrogens with two attached hydrogens (primary N) is 1. The molecule has 12 heavy (non-hydrogen) atoms. The third kappa shape index (κ3) is 5.26. The molecule has 0 aromatic heterocycles. The Morgan fingerprint density at radius 1 is 1.67 bits per heavy atom. The van der Waals surface area contributed by atoms with E-state index in [0.29, 0.717) is 0 Å². The van der Waals surface area contributed by atoms with Crippen molar-refractivity contribution in [3.63, 3.8) is 0 Å². The molecule has 0 rings (SSSR count). The normalized spacial score (nSPS) is 14.0. The Hall–Kier alpha value is -0.420. The molecule has 0 saturated heterocycles. The third-order valence-corrected chi connectivity index (χ3v) is 2.08. The zero-order valence-corrected chi connectivity index (χ0v) is 7.53. The molecule has 0 aliphatic carbocycles. The first-order valence-corrected chi connectivity index (χ1v) is 5.04. The second kappa shape index (κ2) is 4.57. The molecule has 0 radical (unpaired) electrons. The van der Waals surface area contributed by atoms with Crippen molar-refractivity contribution in [3.8, 4) is 0 Å². The average Bonchev–Trinajstić information content (AvgIpc) is 1.97. The highest BCUT2D eigenvalue weighted by atomic mass is 31.2. The van der Waals surface area contributed by atoms with E-state index in [0.717, 1.165) is 0 Å². The number of hydrogen-bond donors (Lipinski definition) is 3. The third-order valence-electron chi connectivity index (χ3n) is 1.24. The average molecular weight is 197 g/mol. The topological polar surface area (TPSA) is 110 Å². The Morgan fingerprint density at radius 2 is 2.17 bits per heavy atom. The van der Waals surface area contributed by atoms with Crippen LogP contribution in [0.4, 0.5) is 0 Å². The van der Waals surface area contributed by atoms with E-state index in [1.165, 1.54) is 7.11 Å². The zero-order valence-electron chi connectivity index (χ0n) is 6.64. The lowest BCUT2D eigenvalue weighted by atomic mass is 10.2. The summed E-state index contributed by atoms with van der Waals surface area (Å²) in [4.78, 5) is 27.5. The molecule has 7 heteroatoms. The lowest BCUT2D eigenvalue weighted by Crippen LogP contribution is -2.32. The quantitative estimate of drug-likeness (QED) is 0.396.